The van der Waals surface area contributed by atoms with E-state index in [1.54, 1.807) is 35.3 Å². The number of carbonyl (C=O) groups is 1. The van der Waals surface area contributed by atoms with Gasteiger partial charge in [-0.25, -0.2) is 9.07 Å². The Labute approximate surface area is 201 Å². The molecule has 2 aromatic carbocycles. The number of thiazole rings is 1. The van der Waals surface area contributed by atoms with Crippen molar-refractivity contribution in [1.29, 1.82) is 0 Å². The number of piperidine rings is 1. The highest BCUT2D eigenvalue weighted by Crippen LogP contribution is 2.34. The number of ether oxygens (including phenoxy) is 1. The van der Waals surface area contributed by atoms with E-state index in [0.717, 1.165) is 57.6 Å². The van der Waals surface area contributed by atoms with Crippen LogP contribution in [0.1, 0.15) is 24.1 Å². The van der Waals surface area contributed by atoms with E-state index in [9.17, 15) is 9.18 Å². The molecule has 7 nitrogen and oxygen atoms in total. The quantitative estimate of drug-likeness (QED) is 0.442. The average molecular weight is 480 g/mol. The molecule has 0 radical (unpaired) electrons. The monoisotopic (exact) mass is 479 g/mol. The predicted octanol–water partition coefficient (Wildman–Crippen LogP) is 4.47. The van der Waals surface area contributed by atoms with Gasteiger partial charge in [0.05, 0.1) is 29.1 Å². The lowest BCUT2D eigenvalue weighted by Crippen LogP contribution is -2.43. The van der Waals surface area contributed by atoms with Crippen molar-refractivity contribution in [3.05, 3.63) is 65.6 Å². The maximum atomic E-state index is 13.4. The number of aromatic nitrogens is 3. The molecular weight excluding hydrogens is 453 g/mol. The van der Waals surface area contributed by atoms with Crippen LogP contribution < -0.4 is 15.0 Å². The number of benzene rings is 2. The summed E-state index contributed by atoms with van der Waals surface area (Å²) in [6.07, 6.45) is 1.78. The van der Waals surface area contributed by atoms with Gasteiger partial charge in [-0.3, -0.25) is 4.79 Å². The molecule has 1 N–H and O–H groups in total. The van der Waals surface area contributed by atoms with E-state index < -0.39 is 0 Å². The molecule has 4 aromatic rings. The Kier molecular flexibility index (Phi) is 6.19. The average Bonchev–Trinajstić information content (AvgIpc) is 3.44. The zero-order valence-electron chi connectivity index (χ0n) is 19.1. The van der Waals surface area contributed by atoms with Crippen molar-refractivity contribution in [3.63, 3.8) is 0 Å². The molecule has 1 atom stereocenters. The number of carbonyl (C=O) groups excluding carboxylic acids is 1. The molecule has 5 rings (SSSR count). The Morgan fingerprint density at radius 3 is 2.88 bits per heavy atom. The van der Waals surface area contributed by atoms with Crippen LogP contribution in [0.25, 0.3) is 16.0 Å². The number of halogens is 1. The van der Waals surface area contributed by atoms with Crippen LogP contribution in [0.3, 0.4) is 0 Å². The molecule has 1 aliphatic rings. The normalized spacial score (nSPS) is 16.1. The van der Waals surface area contributed by atoms with Gasteiger partial charge >= 0.3 is 0 Å². The van der Waals surface area contributed by atoms with Gasteiger partial charge in [-0.1, -0.05) is 23.5 Å². The third-order valence-electron chi connectivity index (χ3n) is 6.11. The fourth-order valence-electron chi connectivity index (χ4n) is 4.30. The van der Waals surface area contributed by atoms with Crippen molar-refractivity contribution in [2.24, 2.45) is 5.92 Å². The summed E-state index contributed by atoms with van der Waals surface area (Å²) in [5, 5.41) is 8.56. The van der Waals surface area contributed by atoms with E-state index in [2.05, 4.69) is 15.3 Å². The number of fused-ring (bicyclic) bond motifs is 1. The highest BCUT2D eigenvalue weighted by Gasteiger charge is 2.28. The number of hydrogen-bond donors (Lipinski definition) is 1. The molecule has 9 heteroatoms. The molecule has 2 aromatic heterocycles. The molecule has 34 heavy (non-hydrogen) atoms. The van der Waals surface area contributed by atoms with Crippen LogP contribution in [0.15, 0.2) is 48.5 Å². The van der Waals surface area contributed by atoms with Crippen LogP contribution in [0.5, 0.6) is 5.75 Å². The maximum Gasteiger partial charge on any atom is 0.225 e. The molecule has 1 aliphatic heterocycles. The lowest BCUT2D eigenvalue weighted by Gasteiger charge is -2.31. The molecule has 0 aliphatic carbocycles. The van der Waals surface area contributed by atoms with Gasteiger partial charge in [0.15, 0.2) is 10.8 Å². The number of aryl methyl sites for hydroxylation is 1. The van der Waals surface area contributed by atoms with Gasteiger partial charge in [0.2, 0.25) is 5.91 Å². The molecule has 0 unspecified atom stereocenters. The van der Waals surface area contributed by atoms with Gasteiger partial charge in [-0.2, -0.15) is 10.1 Å². The largest absolute Gasteiger partial charge is 0.497 e. The lowest BCUT2D eigenvalue weighted by atomic mass is 9.97. The van der Waals surface area contributed by atoms with E-state index in [4.69, 9.17) is 9.72 Å². The zero-order chi connectivity index (χ0) is 23.7. The first-order chi connectivity index (χ1) is 16.5. The lowest BCUT2D eigenvalue weighted by molar-refractivity contribution is -0.125. The van der Waals surface area contributed by atoms with Crippen molar-refractivity contribution >= 4 is 32.7 Å². The Morgan fingerprint density at radius 1 is 1.26 bits per heavy atom. The van der Waals surface area contributed by atoms with Crippen LogP contribution in [-0.2, 0) is 11.3 Å². The van der Waals surface area contributed by atoms with Crippen molar-refractivity contribution < 1.29 is 13.9 Å². The minimum atomic E-state index is -0.285. The highest BCUT2D eigenvalue weighted by atomic mass is 32.1. The highest BCUT2D eigenvalue weighted by molar-refractivity contribution is 7.22. The second-order valence-electron chi connectivity index (χ2n) is 8.48. The summed E-state index contributed by atoms with van der Waals surface area (Å²) in [6, 6.07) is 14.0. The molecule has 176 valence electrons. The van der Waals surface area contributed by atoms with Gasteiger partial charge < -0.3 is 15.0 Å². The number of nitrogens with one attached hydrogen (secondary N) is 1. The zero-order valence-corrected chi connectivity index (χ0v) is 19.9. The smallest absolute Gasteiger partial charge is 0.225 e. The Bertz CT molecular complexity index is 1320. The van der Waals surface area contributed by atoms with Crippen LogP contribution in [0.4, 0.5) is 9.52 Å². The topological polar surface area (TPSA) is 72.3 Å². The van der Waals surface area contributed by atoms with Crippen LogP contribution in [0, 0.1) is 18.7 Å². The number of rotatable bonds is 6. The molecule has 1 saturated heterocycles. The van der Waals surface area contributed by atoms with Crippen LogP contribution >= 0.6 is 11.3 Å². The summed E-state index contributed by atoms with van der Waals surface area (Å²) in [5.41, 5.74) is 3.42. The van der Waals surface area contributed by atoms with Gasteiger partial charge in [0, 0.05) is 19.6 Å². The predicted molar refractivity (Wildman–Crippen MR) is 131 cm³/mol. The Morgan fingerprint density at radius 2 is 2.09 bits per heavy atom. The SMILES string of the molecule is COc1cccc(CNC(=O)[C@H]2CCCN(c3nc4c(s3)c(C)nn4-c3ccc(F)cc3)C2)c1. The van der Waals surface area contributed by atoms with Crippen LogP contribution in [0.2, 0.25) is 0 Å². The van der Waals surface area contributed by atoms with Crippen LogP contribution in [-0.4, -0.2) is 40.9 Å². The maximum absolute atomic E-state index is 13.4. The Hall–Kier alpha value is -3.46. The number of nitrogens with zero attached hydrogens (tertiary/aromatic N) is 4. The number of hydrogen-bond acceptors (Lipinski definition) is 6. The second-order valence-corrected chi connectivity index (χ2v) is 9.45. The first-order valence-corrected chi connectivity index (χ1v) is 12.1. The minimum Gasteiger partial charge on any atom is -0.497 e. The minimum absolute atomic E-state index is 0.0577. The first-order valence-electron chi connectivity index (χ1n) is 11.3. The van der Waals surface area contributed by atoms with Gasteiger partial charge in [0.25, 0.3) is 0 Å². The fraction of sp³-hybridized carbons (Fsp3) is 0.320. The summed E-state index contributed by atoms with van der Waals surface area (Å²) in [6.45, 7) is 3.91. The van der Waals surface area contributed by atoms with Gasteiger partial charge in [0.1, 0.15) is 11.6 Å². The molecule has 3 heterocycles. The third kappa shape index (κ3) is 4.48. The van der Waals surface area contributed by atoms with Crippen molar-refractivity contribution in [1.82, 2.24) is 20.1 Å². The fourth-order valence-corrected chi connectivity index (χ4v) is 5.32. The summed E-state index contributed by atoms with van der Waals surface area (Å²) in [4.78, 5) is 20.0. The van der Waals surface area contributed by atoms with Crippen molar-refractivity contribution in [2.75, 3.05) is 25.1 Å². The number of anilines is 1. The van der Waals surface area contributed by atoms with E-state index in [0.29, 0.717) is 13.1 Å². The van der Waals surface area contributed by atoms with Crippen molar-refractivity contribution in [3.8, 4) is 11.4 Å². The van der Waals surface area contributed by atoms with Gasteiger partial charge in [-0.15, -0.1) is 0 Å². The number of methoxy groups -OCH3 is 1. The molecular formula is C25H26FN5O2S. The molecule has 0 saturated carbocycles. The summed E-state index contributed by atoms with van der Waals surface area (Å²) >= 11 is 1.59. The van der Waals surface area contributed by atoms with E-state index in [1.807, 2.05) is 31.2 Å². The van der Waals surface area contributed by atoms with E-state index in [1.165, 1.54) is 12.1 Å². The standard InChI is InChI=1S/C25H26FN5O2S/c1-16-22-23(31(29-16)20-10-8-19(26)9-11-20)28-25(34-22)30-12-4-6-18(15-30)24(32)27-14-17-5-3-7-21(13-17)33-2/h3,5,7-11,13,18H,4,6,12,14-15H2,1-2H3,(H,27,32)/t18-/m0/s1. The van der Waals surface area contributed by atoms with E-state index >= 15 is 0 Å². The third-order valence-corrected chi connectivity index (χ3v) is 7.33. The summed E-state index contributed by atoms with van der Waals surface area (Å²) < 4.78 is 21.4. The Balaban J connectivity index is 1.30. The molecule has 0 spiro atoms. The summed E-state index contributed by atoms with van der Waals surface area (Å²) in [5.74, 6) is 0.455. The molecule has 0 bridgehead atoms. The van der Waals surface area contributed by atoms with E-state index in [-0.39, 0.29) is 17.6 Å². The van der Waals surface area contributed by atoms with Crippen molar-refractivity contribution in [2.45, 2.75) is 26.3 Å². The van der Waals surface area contributed by atoms with Gasteiger partial charge in [-0.05, 0) is 61.7 Å². The molecule has 1 amide bonds. The number of amides is 1. The second kappa shape index (κ2) is 9.42. The first kappa shape index (κ1) is 22.3. The molecule has 1 fully saturated rings. The summed E-state index contributed by atoms with van der Waals surface area (Å²) in [7, 11) is 1.63.